The number of rotatable bonds is 2. The van der Waals surface area contributed by atoms with Crippen molar-refractivity contribution in [1.82, 2.24) is 4.98 Å². The maximum Gasteiger partial charge on any atom is 0.0454 e. The quantitative estimate of drug-likeness (QED) is 0.710. The summed E-state index contributed by atoms with van der Waals surface area (Å²) in [5, 5.41) is 1.28. The Balaban J connectivity index is 2.42. The lowest BCUT2D eigenvalue weighted by Crippen LogP contribution is -1.71. The van der Waals surface area contributed by atoms with Gasteiger partial charge in [0.05, 0.1) is 0 Å². The molecule has 2 aromatic rings. The summed E-state index contributed by atoms with van der Waals surface area (Å²) in [5.74, 6) is 0. The second-order valence-electron chi connectivity index (χ2n) is 3.13. The van der Waals surface area contributed by atoms with Crippen LogP contribution < -0.4 is 0 Å². The standard InChI is InChI=1S/C12H13N/c1-2-3-4-10-5-6-12-11(9-10)7-8-13-12/h3-9,13H,2H2,1H3. The average Bonchev–Trinajstić information content (AvgIpc) is 2.61. The molecule has 1 heterocycles. The van der Waals surface area contributed by atoms with Gasteiger partial charge in [0, 0.05) is 11.7 Å². The molecule has 0 aliphatic carbocycles. The second-order valence-corrected chi connectivity index (χ2v) is 3.13. The molecule has 0 bridgehead atoms. The normalized spacial score (nSPS) is 11.5. The molecule has 1 aromatic carbocycles. The van der Waals surface area contributed by atoms with Gasteiger partial charge in [-0.3, -0.25) is 0 Å². The van der Waals surface area contributed by atoms with Crippen molar-refractivity contribution >= 4 is 17.0 Å². The molecular weight excluding hydrogens is 158 g/mol. The van der Waals surface area contributed by atoms with E-state index in [1.165, 1.54) is 16.5 Å². The van der Waals surface area contributed by atoms with Gasteiger partial charge in [-0.25, -0.2) is 0 Å². The summed E-state index contributed by atoms with van der Waals surface area (Å²) in [5.41, 5.74) is 2.47. The molecule has 1 N–H and O–H groups in total. The third-order valence-corrected chi connectivity index (χ3v) is 2.12. The minimum atomic E-state index is 1.09. The fourth-order valence-corrected chi connectivity index (χ4v) is 1.43. The third kappa shape index (κ3) is 1.64. The Hall–Kier alpha value is -1.50. The number of nitrogens with one attached hydrogen (secondary N) is 1. The smallest absolute Gasteiger partial charge is 0.0454 e. The summed E-state index contributed by atoms with van der Waals surface area (Å²) in [6.07, 6.45) is 7.39. The van der Waals surface area contributed by atoms with E-state index in [9.17, 15) is 0 Å². The van der Waals surface area contributed by atoms with Crippen molar-refractivity contribution in [3.8, 4) is 0 Å². The summed E-state index contributed by atoms with van der Waals surface area (Å²) in [7, 11) is 0. The Kier molecular flexibility index (Phi) is 2.17. The van der Waals surface area contributed by atoms with Gasteiger partial charge in [0.15, 0.2) is 0 Å². The zero-order chi connectivity index (χ0) is 9.10. The first-order chi connectivity index (χ1) is 6.40. The summed E-state index contributed by atoms with van der Waals surface area (Å²) in [4.78, 5) is 3.18. The molecule has 2 rings (SSSR count). The van der Waals surface area contributed by atoms with Crippen molar-refractivity contribution < 1.29 is 0 Å². The van der Waals surface area contributed by atoms with Crippen LogP contribution in [0.3, 0.4) is 0 Å². The number of H-pyrrole nitrogens is 1. The maximum absolute atomic E-state index is 3.18. The first-order valence-electron chi connectivity index (χ1n) is 4.64. The van der Waals surface area contributed by atoms with E-state index >= 15 is 0 Å². The van der Waals surface area contributed by atoms with Crippen LogP contribution in [0.5, 0.6) is 0 Å². The molecule has 1 nitrogen and oxygen atoms in total. The van der Waals surface area contributed by atoms with Gasteiger partial charge in [0.1, 0.15) is 0 Å². The Morgan fingerprint density at radius 3 is 3.08 bits per heavy atom. The van der Waals surface area contributed by atoms with Crippen LogP contribution in [-0.4, -0.2) is 4.98 Å². The zero-order valence-corrected chi connectivity index (χ0v) is 7.75. The molecule has 0 atom stereocenters. The fourth-order valence-electron chi connectivity index (χ4n) is 1.43. The summed E-state index contributed by atoms with van der Waals surface area (Å²) >= 11 is 0. The van der Waals surface area contributed by atoms with Crippen LogP contribution in [0.15, 0.2) is 36.5 Å². The van der Waals surface area contributed by atoms with Gasteiger partial charge < -0.3 is 4.98 Å². The van der Waals surface area contributed by atoms with E-state index in [0.29, 0.717) is 0 Å². The van der Waals surface area contributed by atoms with E-state index in [-0.39, 0.29) is 0 Å². The van der Waals surface area contributed by atoms with Gasteiger partial charge in [0.2, 0.25) is 0 Å². The molecule has 0 radical (unpaired) electrons. The Morgan fingerprint density at radius 1 is 1.31 bits per heavy atom. The van der Waals surface area contributed by atoms with Crippen molar-refractivity contribution in [3.05, 3.63) is 42.1 Å². The van der Waals surface area contributed by atoms with Crippen LogP contribution in [0.25, 0.3) is 17.0 Å². The molecular formula is C12H13N. The van der Waals surface area contributed by atoms with Crippen LogP contribution in [0.4, 0.5) is 0 Å². The van der Waals surface area contributed by atoms with E-state index < -0.39 is 0 Å². The highest BCUT2D eigenvalue weighted by atomic mass is 14.7. The van der Waals surface area contributed by atoms with Gasteiger partial charge in [-0.2, -0.15) is 0 Å². The lowest BCUT2D eigenvalue weighted by Gasteiger charge is -1.93. The molecule has 0 saturated carbocycles. The van der Waals surface area contributed by atoms with Gasteiger partial charge in [-0.05, 0) is 35.6 Å². The predicted octanol–water partition coefficient (Wildman–Crippen LogP) is 3.59. The third-order valence-electron chi connectivity index (χ3n) is 2.12. The summed E-state index contributed by atoms with van der Waals surface area (Å²) in [6.45, 7) is 2.14. The highest BCUT2D eigenvalue weighted by Gasteiger charge is 1.93. The molecule has 0 spiro atoms. The van der Waals surface area contributed by atoms with Gasteiger partial charge >= 0.3 is 0 Å². The Bertz CT molecular complexity index is 423. The number of allylic oxidation sites excluding steroid dienone is 1. The van der Waals surface area contributed by atoms with Crippen LogP contribution >= 0.6 is 0 Å². The monoisotopic (exact) mass is 171 g/mol. The van der Waals surface area contributed by atoms with Crippen LogP contribution in [0.1, 0.15) is 18.9 Å². The molecule has 1 heteroatoms. The van der Waals surface area contributed by atoms with E-state index in [0.717, 1.165) is 6.42 Å². The number of aromatic amines is 1. The van der Waals surface area contributed by atoms with E-state index in [1.54, 1.807) is 0 Å². The second kappa shape index (κ2) is 3.48. The molecule has 0 fully saturated rings. The fraction of sp³-hybridized carbons (Fsp3) is 0.167. The van der Waals surface area contributed by atoms with E-state index in [4.69, 9.17) is 0 Å². The molecule has 0 unspecified atom stereocenters. The summed E-state index contributed by atoms with van der Waals surface area (Å²) < 4.78 is 0. The van der Waals surface area contributed by atoms with Crippen molar-refractivity contribution in [1.29, 1.82) is 0 Å². The zero-order valence-electron chi connectivity index (χ0n) is 7.75. The topological polar surface area (TPSA) is 15.8 Å². The van der Waals surface area contributed by atoms with Gasteiger partial charge in [0.25, 0.3) is 0 Å². The van der Waals surface area contributed by atoms with Crippen LogP contribution in [0, 0.1) is 0 Å². The van der Waals surface area contributed by atoms with Crippen LogP contribution in [0.2, 0.25) is 0 Å². The highest BCUT2D eigenvalue weighted by molar-refractivity contribution is 5.81. The SMILES string of the molecule is CCC=Cc1ccc2[nH]ccc2c1. The van der Waals surface area contributed by atoms with Crippen LogP contribution in [-0.2, 0) is 0 Å². The summed E-state index contributed by atoms with van der Waals surface area (Å²) in [6, 6.07) is 8.53. The number of hydrogen-bond donors (Lipinski definition) is 1. The first kappa shape index (κ1) is 8.11. The lowest BCUT2D eigenvalue weighted by atomic mass is 10.1. The van der Waals surface area contributed by atoms with Crippen molar-refractivity contribution in [2.24, 2.45) is 0 Å². The number of benzene rings is 1. The van der Waals surface area contributed by atoms with Gasteiger partial charge in [-0.1, -0.05) is 25.1 Å². The number of aromatic nitrogens is 1. The molecule has 0 aliphatic heterocycles. The average molecular weight is 171 g/mol. The molecule has 0 amide bonds. The number of fused-ring (bicyclic) bond motifs is 1. The maximum atomic E-state index is 3.18. The van der Waals surface area contributed by atoms with Crippen molar-refractivity contribution in [2.75, 3.05) is 0 Å². The highest BCUT2D eigenvalue weighted by Crippen LogP contribution is 2.15. The lowest BCUT2D eigenvalue weighted by molar-refractivity contribution is 1.23. The predicted molar refractivity (Wildman–Crippen MR) is 57.6 cm³/mol. The van der Waals surface area contributed by atoms with Gasteiger partial charge in [-0.15, -0.1) is 0 Å². The van der Waals surface area contributed by atoms with E-state index in [1.807, 2.05) is 6.20 Å². The molecule has 1 aromatic heterocycles. The number of hydrogen-bond acceptors (Lipinski definition) is 0. The minimum Gasteiger partial charge on any atom is -0.361 e. The first-order valence-corrected chi connectivity index (χ1v) is 4.64. The van der Waals surface area contributed by atoms with E-state index in [2.05, 4.69) is 48.3 Å². The van der Waals surface area contributed by atoms with Crippen molar-refractivity contribution in [3.63, 3.8) is 0 Å². The molecule has 0 aliphatic rings. The molecule has 0 saturated heterocycles. The Morgan fingerprint density at radius 2 is 2.23 bits per heavy atom. The molecule has 13 heavy (non-hydrogen) atoms. The van der Waals surface area contributed by atoms with Crippen molar-refractivity contribution in [2.45, 2.75) is 13.3 Å². The minimum absolute atomic E-state index is 1.09. The Labute approximate surface area is 78.1 Å². The largest absolute Gasteiger partial charge is 0.361 e. The molecule has 66 valence electrons.